The first-order valence-corrected chi connectivity index (χ1v) is 6.07. The van der Waals surface area contributed by atoms with Crippen molar-refractivity contribution in [3.05, 3.63) is 28.6 Å². The van der Waals surface area contributed by atoms with Gasteiger partial charge in [0.1, 0.15) is 4.88 Å². The van der Waals surface area contributed by atoms with E-state index < -0.39 is 0 Å². The van der Waals surface area contributed by atoms with Crippen LogP contribution < -0.4 is 11.2 Å². The topological polar surface area (TPSA) is 58.4 Å². The lowest BCUT2D eigenvalue weighted by molar-refractivity contribution is 0.0862. The Bertz CT molecular complexity index is 574. The maximum absolute atomic E-state index is 11.9. The van der Waals surface area contributed by atoms with E-state index >= 15 is 0 Å². The van der Waals surface area contributed by atoms with Crippen LogP contribution in [0.3, 0.4) is 0 Å². The molecule has 1 aromatic heterocycles. The zero-order valence-corrected chi connectivity index (χ0v) is 10.9. The SMILES string of the molecule is Cc1ccc2sc(C(=O)NN(C)C)c(N)c2c1. The molecular weight excluding hydrogens is 234 g/mol. The number of nitrogens with two attached hydrogens (primary N) is 1. The van der Waals surface area contributed by atoms with Crippen molar-refractivity contribution < 1.29 is 4.79 Å². The van der Waals surface area contributed by atoms with Crippen LogP contribution in [-0.4, -0.2) is 25.0 Å². The number of anilines is 1. The molecular formula is C12H15N3OS. The molecule has 2 rings (SSSR count). The van der Waals surface area contributed by atoms with Gasteiger partial charge in [-0.25, -0.2) is 5.01 Å². The van der Waals surface area contributed by atoms with Crippen molar-refractivity contribution in [1.29, 1.82) is 0 Å². The van der Waals surface area contributed by atoms with Crippen LogP contribution in [0.4, 0.5) is 5.69 Å². The molecule has 0 atom stereocenters. The number of nitrogen functional groups attached to an aromatic ring is 1. The Labute approximate surface area is 104 Å². The van der Waals surface area contributed by atoms with Crippen LogP contribution >= 0.6 is 11.3 Å². The molecule has 0 spiro atoms. The van der Waals surface area contributed by atoms with Crippen LogP contribution in [0.15, 0.2) is 18.2 Å². The van der Waals surface area contributed by atoms with Gasteiger partial charge in [0.15, 0.2) is 0 Å². The van der Waals surface area contributed by atoms with E-state index in [9.17, 15) is 4.79 Å². The van der Waals surface area contributed by atoms with Crippen molar-refractivity contribution in [2.24, 2.45) is 0 Å². The number of fused-ring (bicyclic) bond motifs is 1. The number of nitrogens with one attached hydrogen (secondary N) is 1. The average molecular weight is 249 g/mol. The number of carbonyl (C=O) groups is 1. The van der Waals surface area contributed by atoms with E-state index in [-0.39, 0.29) is 5.91 Å². The number of aryl methyl sites for hydroxylation is 1. The lowest BCUT2D eigenvalue weighted by Gasteiger charge is -2.10. The van der Waals surface area contributed by atoms with Crippen LogP contribution in [0, 0.1) is 6.92 Å². The molecule has 0 saturated heterocycles. The summed E-state index contributed by atoms with van der Waals surface area (Å²) in [5, 5.41) is 2.57. The van der Waals surface area contributed by atoms with Gasteiger partial charge in [-0.05, 0) is 19.1 Å². The Kier molecular flexibility index (Phi) is 3.04. The molecule has 0 aliphatic heterocycles. The molecule has 0 radical (unpaired) electrons. The van der Waals surface area contributed by atoms with Crippen LogP contribution in [0.5, 0.6) is 0 Å². The predicted octanol–water partition coefficient (Wildman–Crippen LogP) is 2.00. The molecule has 1 aromatic carbocycles. The van der Waals surface area contributed by atoms with Crippen LogP contribution in [0.25, 0.3) is 10.1 Å². The summed E-state index contributed by atoms with van der Waals surface area (Å²) in [7, 11) is 3.54. The lowest BCUT2D eigenvalue weighted by atomic mass is 10.1. The molecule has 0 fully saturated rings. The zero-order chi connectivity index (χ0) is 12.6. The summed E-state index contributed by atoms with van der Waals surface area (Å²) in [6.07, 6.45) is 0. The zero-order valence-electron chi connectivity index (χ0n) is 10.1. The third kappa shape index (κ3) is 2.25. The number of rotatable bonds is 2. The standard InChI is InChI=1S/C12H15N3OS/c1-7-4-5-9-8(6-7)10(13)11(17-9)12(16)14-15(2)3/h4-6H,13H2,1-3H3,(H,14,16). The number of carbonyl (C=O) groups excluding carboxylic acids is 1. The second-order valence-corrected chi connectivity index (χ2v) is 5.23. The molecule has 2 aromatic rings. The summed E-state index contributed by atoms with van der Waals surface area (Å²) in [6, 6.07) is 6.03. The second kappa shape index (κ2) is 4.35. The van der Waals surface area contributed by atoms with Crippen molar-refractivity contribution in [2.75, 3.05) is 19.8 Å². The summed E-state index contributed by atoms with van der Waals surface area (Å²) in [5.41, 5.74) is 10.4. The highest BCUT2D eigenvalue weighted by molar-refractivity contribution is 7.21. The molecule has 1 heterocycles. The summed E-state index contributed by atoms with van der Waals surface area (Å²) in [4.78, 5) is 12.5. The number of hydrogen-bond acceptors (Lipinski definition) is 4. The van der Waals surface area contributed by atoms with E-state index in [0.717, 1.165) is 15.6 Å². The first kappa shape index (κ1) is 11.9. The highest BCUT2D eigenvalue weighted by Crippen LogP contribution is 2.34. The fourth-order valence-corrected chi connectivity index (χ4v) is 2.65. The van der Waals surface area contributed by atoms with Gasteiger partial charge < -0.3 is 5.73 Å². The van der Waals surface area contributed by atoms with Gasteiger partial charge in [-0.2, -0.15) is 0 Å². The van der Waals surface area contributed by atoms with Crippen molar-refractivity contribution in [3.63, 3.8) is 0 Å². The Morgan fingerprint density at radius 2 is 2.12 bits per heavy atom. The van der Waals surface area contributed by atoms with Crippen molar-refractivity contribution in [3.8, 4) is 0 Å². The third-order valence-electron chi connectivity index (χ3n) is 2.41. The van der Waals surface area contributed by atoms with Gasteiger partial charge in [0, 0.05) is 24.2 Å². The van der Waals surface area contributed by atoms with Gasteiger partial charge in [0.05, 0.1) is 5.69 Å². The van der Waals surface area contributed by atoms with Gasteiger partial charge in [0.25, 0.3) is 5.91 Å². The molecule has 0 aliphatic carbocycles. The maximum atomic E-state index is 11.9. The summed E-state index contributed by atoms with van der Waals surface area (Å²) in [5.74, 6) is -0.161. The molecule has 90 valence electrons. The number of amides is 1. The Balaban J connectivity index is 2.49. The molecule has 0 saturated carbocycles. The molecule has 0 aliphatic rings. The minimum absolute atomic E-state index is 0.161. The quantitative estimate of drug-likeness (QED) is 0.800. The Morgan fingerprint density at radius 3 is 2.76 bits per heavy atom. The molecule has 0 unspecified atom stereocenters. The van der Waals surface area contributed by atoms with E-state index in [1.54, 1.807) is 19.1 Å². The molecule has 4 nitrogen and oxygen atoms in total. The van der Waals surface area contributed by atoms with Crippen molar-refractivity contribution in [2.45, 2.75) is 6.92 Å². The summed E-state index contributed by atoms with van der Waals surface area (Å²) in [6.45, 7) is 2.01. The van der Waals surface area contributed by atoms with E-state index in [1.807, 2.05) is 25.1 Å². The molecule has 17 heavy (non-hydrogen) atoms. The van der Waals surface area contributed by atoms with Gasteiger partial charge in [-0.3, -0.25) is 10.2 Å². The van der Waals surface area contributed by atoms with Gasteiger partial charge in [-0.15, -0.1) is 11.3 Å². The van der Waals surface area contributed by atoms with Gasteiger partial charge in [-0.1, -0.05) is 11.6 Å². The third-order valence-corrected chi connectivity index (χ3v) is 3.60. The Hall–Kier alpha value is -1.59. The van der Waals surface area contributed by atoms with Crippen LogP contribution in [0.1, 0.15) is 15.2 Å². The molecule has 0 bridgehead atoms. The number of nitrogens with zero attached hydrogens (tertiary/aromatic N) is 1. The normalized spacial score (nSPS) is 11.1. The highest BCUT2D eigenvalue weighted by Gasteiger charge is 2.16. The van der Waals surface area contributed by atoms with Gasteiger partial charge in [0.2, 0.25) is 0 Å². The first-order valence-electron chi connectivity index (χ1n) is 5.26. The monoisotopic (exact) mass is 249 g/mol. The number of benzene rings is 1. The predicted molar refractivity (Wildman–Crippen MR) is 72.1 cm³/mol. The summed E-state index contributed by atoms with van der Waals surface area (Å²) >= 11 is 1.42. The smallest absolute Gasteiger partial charge is 0.277 e. The molecule has 1 amide bonds. The highest BCUT2D eigenvalue weighted by atomic mass is 32.1. The Morgan fingerprint density at radius 1 is 1.41 bits per heavy atom. The number of hydrazine groups is 1. The minimum atomic E-state index is -0.161. The maximum Gasteiger partial charge on any atom is 0.277 e. The van der Waals surface area contributed by atoms with Crippen LogP contribution in [-0.2, 0) is 0 Å². The van der Waals surface area contributed by atoms with E-state index in [1.165, 1.54) is 11.3 Å². The first-order chi connectivity index (χ1) is 7.99. The number of thiophene rings is 1. The lowest BCUT2D eigenvalue weighted by Crippen LogP contribution is -2.35. The van der Waals surface area contributed by atoms with Crippen LogP contribution in [0.2, 0.25) is 0 Å². The number of hydrogen-bond donors (Lipinski definition) is 2. The van der Waals surface area contributed by atoms with E-state index in [4.69, 9.17) is 5.73 Å². The van der Waals surface area contributed by atoms with Crippen molar-refractivity contribution >= 4 is 33.0 Å². The molecule has 5 heteroatoms. The summed E-state index contributed by atoms with van der Waals surface area (Å²) < 4.78 is 1.04. The molecule has 3 N–H and O–H groups in total. The second-order valence-electron chi connectivity index (χ2n) is 4.18. The average Bonchev–Trinajstić information content (AvgIpc) is 2.55. The fraction of sp³-hybridized carbons (Fsp3) is 0.250. The van der Waals surface area contributed by atoms with Gasteiger partial charge >= 0.3 is 0 Å². The largest absolute Gasteiger partial charge is 0.397 e. The van der Waals surface area contributed by atoms with E-state index in [0.29, 0.717) is 10.6 Å². The minimum Gasteiger partial charge on any atom is -0.397 e. The fourth-order valence-electron chi connectivity index (χ4n) is 1.65. The van der Waals surface area contributed by atoms with E-state index in [2.05, 4.69) is 5.43 Å². The van der Waals surface area contributed by atoms with Crippen molar-refractivity contribution in [1.82, 2.24) is 10.4 Å².